The van der Waals surface area contributed by atoms with Crippen molar-refractivity contribution in [2.24, 2.45) is 0 Å². The number of hydrogen-bond acceptors (Lipinski definition) is 6. The maximum absolute atomic E-state index is 9.58. The topological polar surface area (TPSA) is 51.8 Å². The highest BCUT2D eigenvalue weighted by atomic mass is 32.1. The van der Waals surface area contributed by atoms with Crippen LogP contribution in [-0.2, 0) is 0 Å². The van der Waals surface area contributed by atoms with Gasteiger partial charge in [-0.2, -0.15) is 0 Å². The lowest BCUT2D eigenvalue weighted by molar-refractivity contribution is 0.670. The number of thiophene rings is 2. The van der Waals surface area contributed by atoms with E-state index in [2.05, 4.69) is 30.3 Å². The van der Waals surface area contributed by atoms with E-state index >= 15 is 0 Å². The fraction of sp³-hybridized carbons (Fsp3) is 0. The number of furan rings is 1. The molecule has 0 aliphatic carbocycles. The van der Waals surface area contributed by atoms with E-state index in [9.17, 15) is 4.11 Å². The number of aromatic nitrogens is 3. The molecular formula is C45H25N3OS2. The minimum Gasteiger partial charge on any atom is -0.455 e. The van der Waals surface area contributed by atoms with Gasteiger partial charge in [-0.05, 0) is 41.9 Å². The molecule has 51 heavy (non-hydrogen) atoms. The Morgan fingerprint density at radius 1 is 0.471 bits per heavy atom. The molecule has 0 fully saturated rings. The first kappa shape index (κ1) is 23.2. The van der Waals surface area contributed by atoms with Gasteiger partial charge in [-0.15, -0.1) is 22.7 Å². The lowest BCUT2D eigenvalue weighted by Gasteiger charge is -2.09. The zero-order valence-corrected chi connectivity index (χ0v) is 28.2. The van der Waals surface area contributed by atoms with Crippen molar-refractivity contribution >= 4 is 85.0 Å². The van der Waals surface area contributed by atoms with Crippen LogP contribution in [-0.4, -0.2) is 15.0 Å². The van der Waals surface area contributed by atoms with Crippen molar-refractivity contribution < 1.29 is 12.6 Å². The minimum absolute atomic E-state index is 0.0205. The fourth-order valence-corrected chi connectivity index (χ4v) is 9.22. The summed E-state index contributed by atoms with van der Waals surface area (Å²) >= 11 is 3.26. The third kappa shape index (κ3) is 4.54. The van der Waals surface area contributed by atoms with E-state index in [-0.39, 0.29) is 69.6 Å². The van der Waals surface area contributed by atoms with E-state index in [1.165, 1.54) is 0 Å². The van der Waals surface area contributed by atoms with Crippen LogP contribution in [0.15, 0.2) is 156 Å². The first-order valence-electron chi connectivity index (χ1n) is 19.4. The Morgan fingerprint density at radius 3 is 2.04 bits per heavy atom. The van der Waals surface area contributed by atoms with Gasteiger partial charge in [-0.25, -0.2) is 15.0 Å². The third-order valence-electron chi connectivity index (χ3n) is 9.26. The number of para-hydroxylation sites is 1. The zero-order chi connectivity index (χ0) is 38.7. The standard InChI is InChI=1S/C45H25N3OS2/c1-2-10-26(11-3-1)43-46-44(48-45(47-43)36-17-9-16-35-32-13-5-7-19-39(32)51-42(35)36)28-21-22-30-34-15-8-14-29(41(34)49-37(30)24-28)27-20-23-33-31-12-4-6-18-38(31)50-40(33)25-27/h1-25H/i8D,14D,15D,21D,22D,24D. The van der Waals surface area contributed by atoms with Crippen LogP contribution >= 0.6 is 22.7 Å². The molecule has 0 atom stereocenters. The smallest absolute Gasteiger partial charge is 0.165 e. The Kier molecular flexibility index (Phi) is 5.08. The molecule has 0 radical (unpaired) electrons. The van der Waals surface area contributed by atoms with Gasteiger partial charge in [0.25, 0.3) is 0 Å². The van der Waals surface area contributed by atoms with Gasteiger partial charge < -0.3 is 4.42 Å². The third-order valence-corrected chi connectivity index (χ3v) is 11.6. The Balaban J connectivity index is 1.17. The Labute approximate surface area is 308 Å². The molecule has 4 heterocycles. The van der Waals surface area contributed by atoms with Gasteiger partial charge in [-0.3, -0.25) is 0 Å². The van der Waals surface area contributed by atoms with Crippen molar-refractivity contribution in [1.82, 2.24) is 15.0 Å². The summed E-state index contributed by atoms with van der Waals surface area (Å²) < 4.78 is 65.9. The van der Waals surface area contributed by atoms with E-state index in [1.807, 2.05) is 84.9 Å². The van der Waals surface area contributed by atoms with Crippen LogP contribution in [0, 0.1) is 0 Å². The predicted octanol–water partition coefficient (Wildman–Crippen LogP) is 13.2. The Bertz CT molecular complexity index is 3510. The summed E-state index contributed by atoms with van der Waals surface area (Å²) in [7, 11) is 0. The second kappa shape index (κ2) is 11.2. The second-order valence-corrected chi connectivity index (χ2v) is 14.4. The highest BCUT2D eigenvalue weighted by molar-refractivity contribution is 7.26. The molecule has 0 saturated heterocycles. The SMILES string of the molecule is [2H]c1c([2H])c([2H])c2c(oc3c([2H])c(-c4nc(-c5ccccc5)nc(-c5cccc6c5sc5ccccc56)n4)c([2H])c([2H])c32)c1-c1ccc2c(c1)sc1ccccc12. The summed E-state index contributed by atoms with van der Waals surface area (Å²) in [6.45, 7) is 0. The summed E-state index contributed by atoms with van der Waals surface area (Å²) in [4.78, 5) is 14.7. The molecule has 4 nitrogen and oxygen atoms in total. The quantitative estimate of drug-likeness (QED) is 0.184. The minimum atomic E-state index is -0.330. The van der Waals surface area contributed by atoms with E-state index < -0.39 is 0 Å². The summed E-state index contributed by atoms with van der Waals surface area (Å²) in [5, 5.41) is 4.56. The highest BCUT2D eigenvalue weighted by Crippen LogP contribution is 2.42. The molecule has 0 saturated carbocycles. The first-order chi connectivity index (χ1) is 27.8. The fourth-order valence-electron chi connectivity index (χ4n) is 6.86. The van der Waals surface area contributed by atoms with E-state index in [4.69, 9.17) is 23.5 Å². The molecule has 0 aliphatic rings. The Hall–Kier alpha value is -6.21. The number of hydrogen-bond donors (Lipinski definition) is 0. The van der Waals surface area contributed by atoms with E-state index in [0.29, 0.717) is 28.3 Å². The van der Waals surface area contributed by atoms with Gasteiger partial charge in [0, 0.05) is 73.4 Å². The monoisotopic (exact) mass is 693 g/mol. The number of rotatable bonds is 4. The molecule has 0 aliphatic heterocycles. The average Bonchev–Trinajstić information content (AvgIpc) is 3.94. The van der Waals surface area contributed by atoms with Crippen LogP contribution in [0.4, 0.5) is 0 Å². The van der Waals surface area contributed by atoms with Crippen molar-refractivity contribution in [3.8, 4) is 45.3 Å². The molecule has 0 N–H and O–H groups in total. The van der Waals surface area contributed by atoms with Gasteiger partial charge in [0.15, 0.2) is 17.5 Å². The maximum Gasteiger partial charge on any atom is 0.165 e. The molecule has 0 unspecified atom stereocenters. The van der Waals surface area contributed by atoms with Gasteiger partial charge >= 0.3 is 0 Å². The number of benzene rings is 7. The second-order valence-electron chi connectivity index (χ2n) is 12.3. The summed E-state index contributed by atoms with van der Waals surface area (Å²) in [6, 6.07) is 35.9. The lowest BCUT2D eigenvalue weighted by atomic mass is 10.0. The van der Waals surface area contributed by atoms with Crippen LogP contribution < -0.4 is 0 Å². The molecule has 6 heteroatoms. The van der Waals surface area contributed by atoms with E-state index in [1.54, 1.807) is 22.7 Å². The van der Waals surface area contributed by atoms with Gasteiger partial charge in [0.2, 0.25) is 0 Å². The van der Waals surface area contributed by atoms with Crippen molar-refractivity contribution in [2.45, 2.75) is 0 Å². The lowest BCUT2D eigenvalue weighted by Crippen LogP contribution is -2.00. The predicted molar refractivity (Wildman–Crippen MR) is 215 cm³/mol. The molecule has 11 rings (SSSR count). The van der Waals surface area contributed by atoms with Crippen LogP contribution in [0.5, 0.6) is 0 Å². The zero-order valence-electron chi connectivity index (χ0n) is 32.5. The van der Waals surface area contributed by atoms with Gasteiger partial charge in [0.1, 0.15) is 11.2 Å². The van der Waals surface area contributed by atoms with E-state index in [0.717, 1.165) is 45.9 Å². The van der Waals surface area contributed by atoms with Crippen LogP contribution in [0.2, 0.25) is 0 Å². The average molecular weight is 694 g/mol. The molecule has 0 bridgehead atoms. The Morgan fingerprint density at radius 2 is 1.18 bits per heavy atom. The largest absolute Gasteiger partial charge is 0.455 e. The first-order valence-corrected chi connectivity index (χ1v) is 18.0. The molecule has 0 amide bonds. The molecule has 7 aromatic carbocycles. The summed E-state index contributed by atoms with van der Waals surface area (Å²) in [6.07, 6.45) is 0. The normalized spacial score (nSPS) is 13.6. The molecular weight excluding hydrogens is 663 g/mol. The summed E-state index contributed by atoms with van der Waals surface area (Å²) in [5.41, 5.74) is 2.45. The number of nitrogens with zero attached hydrogens (tertiary/aromatic N) is 3. The van der Waals surface area contributed by atoms with Crippen LogP contribution in [0.1, 0.15) is 8.22 Å². The van der Waals surface area contributed by atoms with Crippen LogP contribution in [0.25, 0.3) is 108 Å². The van der Waals surface area contributed by atoms with Gasteiger partial charge in [-0.1, -0.05) is 115 Å². The molecule has 11 aromatic rings. The highest BCUT2D eigenvalue weighted by Gasteiger charge is 2.19. The van der Waals surface area contributed by atoms with Crippen molar-refractivity contribution in [2.75, 3.05) is 0 Å². The molecule has 0 spiro atoms. The van der Waals surface area contributed by atoms with Crippen LogP contribution in [0.3, 0.4) is 0 Å². The maximum atomic E-state index is 9.58. The summed E-state index contributed by atoms with van der Waals surface area (Å²) in [5.74, 6) is 0.733. The van der Waals surface area contributed by atoms with Crippen molar-refractivity contribution in [3.05, 3.63) is 152 Å². The molecule has 4 aromatic heterocycles. The van der Waals surface area contributed by atoms with Crippen molar-refractivity contribution in [3.63, 3.8) is 0 Å². The van der Waals surface area contributed by atoms with Gasteiger partial charge in [0.05, 0.1) is 8.22 Å². The molecule has 238 valence electrons. The number of fused-ring (bicyclic) bond motifs is 9. The van der Waals surface area contributed by atoms with Crippen molar-refractivity contribution in [1.29, 1.82) is 0 Å².